The van der Waals surface area contributed by atoms with Gasteiger partial charge in [0.1, 0.15) is 0 Å². The highest BCUT2D eigenvalue weighted by Gasteiger charge is 2.07. The molecule has 2 unspecified atom stereocenters. The summed E-state index contributed by atoms with van der Waals surface area (Å²) in [6, 6.07) is 0. The highest BCUT2D eigenvalue weighted by Crippen LogP contribution is 2.10. The third-order valence-corrected chi connectivity index (χ3v) is 1.81. The average Bonchev–Trinajstić information content (AvgIpc) is 1.92. The van der Waals surface area contributed by atoms with Crippen LogP contribution in [0.3, 0.4) is 0 Å². The number of allylic oxidation sites excluding steroid dienone is 2. The summed E-state index contributed by atoms with van der Waals surface area (Å²) in [4.78, 5) is 0. The van der Waals surface area contributed by atoms with Gasteiger partial charge in [-0.15, -0.1) is 0 Å². The molecule has 1 rings (SSSR count). The molecule has 0 spiro atoms. The van der Waals surface area contributed by atoms with Gasteiger partial charge in [-0.1, -0.05) is 31.2 Å². The van der Waals surface area contributed by atoms with Gasteiger partial charge in [0.2, 0.25) is 0 Å². The molecule has 0 fully saturated rings. The van der Waals surface area contributed by atoms with Gasteiger partial charge in [0.05, 0.1) is 6.10 Å². The third-order valence-electron chi connectivity index (χ3n) is 1.81. The highest BCUT2D eigenvalue weighted by molar-refractivity contribution is 5.02. The van der Waals surface area contributed by atoms with Crippen molar-refractivity contribution in [1.29, 1.82) is 0 Å². The van der Waals surface area contributed by atoms with E-state index >= 15 is 0 Å². The van der Waals surface area contributed by atoms with E-state index in [9.17, 15) is 5.11 Å². The summed E-state index contributed by atoms with van der Waals surface area (Å²) in [5.74, 6) is 0.275. The van der Waals surface area contributed by atoms with Crippen molar-refractivity contribution in [2.45, 2.75) is 25.9 Å². The molecule has 0 saturated carbocycles. The number of rotatable bonds is 0. The van der Waals surface area contributed by atoms with E-state index in [2.05, 4.69) is 12.2 Å². The first-order valence-corrected chi connectivity index (χ1v) is 3.82. The SMILES string of the molecule is CC1/C=C\CC/C=C\C1O. The molecular weight excluding hydrogens is 124 g/mol. The van der Waals surface area contributed by atoms with Gasteiger partial charge < -0.3 is 5.11 Å². The standard InChI is InChI=1S/C9H14O/c1-8-6-4-2-3-5-7-9(8)10/h4-10H,2-3H2,1H3/b6-4-,7-5-. The van der Waals surface area contributed by atoms with Gasteiger partial charge in [0.25, 0.3) is 0 Å². The second kappa shape index (κ2) is 3.57. The van der Waals surface area contributed by atoms with E-state index in [-0.39, 0.29) is 12.0 Å². The zero-order valence-electron chi connectivity index (χ0n) is 6.33. The molecule has 0 aromatic carbocycles. The van der Waals surface area contributed by atoms with Crippen LogP contribution in [0.15, 0.2) is 24.3 Å². The van der Waals surface area contributed by atoms with Crippen molar-refractivity contribution in [2.24, 2.45) is 5.92 Å². The molecular formula is C9H14O. The van der Waals surface area contributed by atoms with Crippen LogP contribution in [0.2, 0.25) is 0 Å². The van der Waals surface area contributed by atoms with Crippen LogP contribution in [0.1, 0.15) is 19.8 Å². The van der Waals surface area contributed by atoms with Crippen molar-refractivity contribution < 1.29 is 5.11 Å². The Kier molecular flexibility index (Phi) is 2.69. The summed E-state index contributed by atoms with van der Waals surface area (Å²) in [6.07, 6.45) is 10.0. The van der Waals surface area contributed by atoms with Crippen molar-refractivity contribution in [3.8, 4) is 0 Å². The lowest BCUT2D eigenvalue weighted by molar-refractivity contribution is 0.184. The zero-order chi connectivity index (χ0) is 7.40. The Morgan fingerprint density at radius 3 is 2.50 bits per heavy atom. The molecule has 1 N–H and O–H groups in total. The second-order valence-electron chi connectivity index (χ2n) is 2.78. The molecule has 0 radical (unpaired) electrons. The van der Waals surface area contributed by atoms with Gasteiger partial charge in [-0.3, -0.25) is 0 Å². The molecule has 0 saturated heterocycles. The number of aliphatic hydroxyl groups excluding tert-OH is 1. The van der Waals surface area contributed by atoms with Crippen LogP contribution < -0.4 is 0 Å². The highest BCUT2D eigenvalue weighted by atomic mass is 16.3. The molecule has 1 heteroatoms. The first kappa shape index (κ1) is 7.55. The molecule has 1 nitrogen and oxygen atoms in total. The Morgan fingerprint density at radius 1 is 1.20 bits per heavy atom. The minimum atomic E-state index is -0.281. The maximum Gasteiger partial charge on any atom is 0.0780 e. The van der Waals surface area contributed by atoms with E-state index in [1.54, 1.807) is 0 Å². The average molecular weight is 138 g/mol. The summed E-state index contributed by atoms with van der Waals surface area (Å²) in [5, 5.41) is 9.34. The lowest BCUT2D eigenvalue weighted by Crippen LogP contribution is -2.12. The lowest BCUT2D eigenvalue weighted by Gasteiger charge is -2.12. The lowest BCUT2D eigenvalue weighted by atomic mass is 10.0. The van der Waals surface area contributed by atoms with E-state index in [0.717, 1.165) is 12.8 Å². The van der Waals surface area contributed by atoms with Gasteiger partial charge in [-0.25, -0.2) is 0 Å². The Balaban J connectivity index is 2.55. The molecule has 0 bridgehead atoms. The summed E-state index contributed by atoms with van der Waals surface area (Å²) in [6.45, 7) is 2.02. The summed E-state index contributed by atoms with van der Waals surface area (Å²) >= 11 is 0. The van der Waals surface area contributed by atoms with Gasteiger partial charge in [-0.2, -0.15) is 0 Å². The van der Waals surface area contributed by atoms with Crippen LogP contribution in [0.4, 0.5) is 0 Å². The fraction of sp³-hybridized carbons (Fsp3) is 0.556. The Morgan fingerprint density at radius 2 is 1.80 bits per heavy atom. The predicted molar refractivity (Wildman–Crippen MR) is 42.7 cm³/mol. The molecule has 0 amide bonds. The molecule has 2 atom stereocenters. The summed E-state index contributed by atoms with van der Waals surface area (Å²) in [5.41, 5.74) is 0. The molecule has 0 aromatic rings. The number of hydrogen-bond donors (Lipinski definition) is 1. The summed E-state index contributed by atoms with van der Waals surface area (Å²) < 4.78 is 0. The normalized spacial score (nSPS) is 39.8. The Labute approximate surface area is 62.1 Å². The fourth-order valence-electron chi connectivity index (χ4n) is 1.03. The fourth-order valence-corrected chi connectivity index (χ4v) is 1.03. The van der Waals surface area contributed by atoms with Crippen LogP contribution in [-0.2, 0) is 0 Å². The monoisotopic (exact) mass is 138 g/mol. The van der Waals surface area contributed by atoms with Crippen molar-refractivity contribution in [1.82, 2.24) is 0 Å². The van der Waals surface area contributed by atoms with E-state index in [1.807, 2.05) is 19.1 Å². The van der Waals surface area contributed by atoms with E-state index in [1.165, 1.54) is 0 Å². The minimum absolute atomic E-state index is 0.275. The Bertz CT molecular complexity index is 129. The Hall–Kier alpha value is -0.560. The van der Waals surface area contributed by atoms with Crippen molar-refractivity contribution in [2.75, 3.05) is 0 Å². The largest absolute Gasteiger partial charge is 0.388 e. The number of aliphatic hydroxyl groups is 1. The van der Waals surface area contributed by atoms with Crippen LogP contribution >= 0.6 is 0 Å². The molecule has 0 aromatic heterocycles. The molecule has 1 aliphatic rings. The minimum Gasteiger partial charge on any atom is -0.388 e. The molecule has 0 aliphatic heterocycles. The smallest absolute Gasteiger partial charge is 0.0780 e. The van der Waals surface area contributed by atoms with Gasteiger partial charge >= 0.3 is 0 Å². The van der Waals surface area contributed by atoms with Crippen molar-refractivity contribution in [3.05, 3.63) is 24.3 Å². The van der Waals surface area contributed by atoms with E-state index in [4.69, 9.17) is 0 Å². The van der Waals surface area contributed by atoms with E-state index < -0.39 is 0 Å². The molecule has 1 aliphatic carbocycles. The number of hydrogen-bond acceptors (Lipinski definition) is 1. The van der Waals surface area contributed by atoms with Crippen LogP contribution in [0.25, 0.3) is 0 Å². The maximum atomic E-state index is 9.34. The van der Waals surface area contributed by atoms with Crippen LogP contribution in [0, 0.1) is 5.92 Å². The zero-order valence-corrected chi connectivity index (χ0v) is 6.33. The van der Waals surface area contributed by atoms with Gasteiger partial charge in [0, 0.05) is 5.92 Å². The quantitative estimate of drug-likeness (QED) is 0.507. The van der Waals surface area contributed by atoms with Crippen molar-refractivity contribution in [3.63, 3.8) is 0 Å². The molecule has 0 heterocycles. The van der Waals surface area contributed by atoms with Gasteiger partial charge in [0.15, 0.2) is 0 Å². The van der Waals surface area contributed by atoms with E-state index in [0.29, 0.717) is 0 Å². The van der Waals surface area contributed by atoms with Gasteiger partial charge in [-0.05, 0) is 12.8 Å². The van der Waals surface area contributed by atoms with Crippen LogP contribution in [0.5, 0.6) is 0 Å². The topological polar surface area (TPSA) is 20.2 Å². The molecule has 10 heavy (non-hydrogen) atoms. The first-order valence-electron chi connectivity index (χ1n) is 3.82. The first-order chi connectivity index (χ1) is 4.80. The van der Waals surface area contributed by atoms with Crippen molar-refractivity contribution >= 4 is 0 Å². The predicted octanol–water partition coefficient (Wildman–Crippen LogP) is 1.89. The summed E-state index contributed by atoms with van der Waals surface area (Å²) in [7, 11) is 0. The maximum absolute atomic E-state index is 9.34. The molecule has 56 valence electrons. The van der Waals surface area contributed by atoms with Crippen LogP contribution in [-0.4, -0.2) is 11.2 Å². The second-order valence-corrected chi connectivity index (χ2v) is 2.78. The third kappa shape index (κ3) is 1.99.